The van der Waals surface area contributed by atoms with Gasteiger partial charge in [0.25, 0.3) is 5.69 Å². The van der Waals surface area contributed by atoms with Gasteiger partial charge in [0.05, 0.1) is 4.92 Å². The van der Waals surface area contributed by atoms with Gasteiger partial charge in [-0.1, -0.05) is 38.8 Å². The van der Waals surface area contributed by atoms with Gasteiger partial charge in [-0.05, 0) is 11.5 Å². The van der Waals surface area contributed by atoms with E-state index >= 15 is 0 Å². The monoisotopic (exact) mass is 234 g/mol. The molecule has 0 radical (unpaired) electrons. The molecule has 0 bridgehead atoms. The number of para-hydroxylation sites is 1. The number of benzene rings is 1. The van der Waals surface area contributed by atoms with E-state index in [1.54, 1.807) is 12.1 Å². The highest BCUT2D eigenvalue weighted by Gasteiger charge is 2.31. The van der Waals surface area contributed by atoms with Gasteiger partial charge in [-0.3, -0.25) is 10.1 Å². The molecule has 17 heavy (non-hydrogen) atoms. The molecule has 2 rings (SSSR count). The summed E-state index contributed by atoms with van der Waals surface area (Å²) in [6.07, 6.45) is 2.32. The van der Waals surface area contributed by atoms with Crippen LogP contribution in [0, 0.1) is 16.0 Å². The molecule has 1 aliphatic heterocycles. The predicted molar refractivity (Wildman–Crippen MR) is 68.4 cm³/mol. The van der Waals surface area contributed by atoms with Gasteiger partial charge < -0.3 is 5.32 Å². The number of hydrogen-bond acceptors (Lipinski definition) is 3. The van der Waals surface area contributed by atoms with Gasteiger partial charge in [-0.15, -0.1) is 0 Å². The normalized spacial score (nSPS) is 19.5. The van der Waals surface area contributed by atoms with Crippen molar-refractivity contribution in [3.63, 3.8) is 0 Å². The van der Waals surface area contributed by atoms with Crippen molar-refractivity contribution in [2.75, 3.05) is 11.9 Å². The van der Waals surface area contributed by atoms with Crippen molar-refractivity contribution in [1.29, 1.82) is 0 Å². The van der Waals surface area contributed by atoms with Gasteiger partial charge in [0.2, 0.25) is 0 Å². The summed E-state index contributed by atoms with van der Waals surface area (Å²) in [6, 6.07) is 5.37. The Bertz CT molecular complexity index is 431. The lowest BCUT2D eigenvalue weighted by molar-refractivity contribution is -0.383. The smallest absolute Gasteiger partial charge is 0.292 e. The van der Waals surface area contributed by atoms with Gasteiger partial charge >= 0.3 is 0 Å². The van der Waals surface area contributed by atoms with Crippen molar-refractivity contribution >= 4 is 11.4 Å². The maximum Gasteiger partial charge on any atom is 0.292 e. The van der Waals surface area contributed by atoms with Crippen LogP contribution in [0.3, 0.4) is 0 Å². The number of nitrogens with one attached hydrogen (secondary N) is 1. The Hall–Kier alpha value is -1.58. The summed E-state index contributed by atoms with van der Waals surface area (Å²) in [5.41, 5.74) is 2.04. The summed E-state index contributed by atoms with van der Waals surface area (Å²) >= 11 is 0. The van der Waals surface area contributed by atoms with Gasteiger partial charge in [0, 0.05) is 18.5 Å². The largest absolute Gasteiger partial charge is 0.379 e. The van der Waals surface area contributed by atoms with Crippen LogP contribution in [0.1, 0.15) is 38.2 Å². The van der Waals surface area contributed by atoms with Gasteiger partial charge in [0.15, 0.2) is 0 Å². The third kappa shape index (κ3) is 2.12. The first-order valence-electron chi connectivity index (χ1n) is 6.16. The van der Waals surface area contributed by atoms with Crippen molar-refractivity contribution in [3.05, 3.63) is 33.9 Å². The van der Waals surface area contributed by atoms with E-state index in [1.807, 2.05) is 6.07 Å². The molecule has 0 aliphatic carbocycles. The van der Waals surface area contributed by atoms with Crippen LogP contribution in [-0.4, -0.2) is 11.5 Å². The fourth-order valence-electron chi connectivity index (χ4n) is 2.70. The lowest BCUT2D eigenvalue weighted by atomic mass is 9.86. The molecular formula is C13H18N2O2. The highest BCUT2D eigenvalue weighted by molar-refractivity contribution is 5.70. The molecule has 0 spiro atoms. The molecule has 1 aliphatic rings. The highest BCUT2D eigenvalue weighted by Crippen LogP contribution is 2.42. The number of anilines is 1. The Balaban J connectivity index is 2.33. The zero-order valence-electron chi connectivity index (χ0n) is 10.3. The molecule has 0 saturated carbocycles. The first-order valence-corrected chi connectivity index (χ1v) is 6.16. The maximum absolute atomic E-state index is 10.9. The molecule has 92 valence electrons. The van der Waals surface area contributed by atoms with E-state index in [2.05, 4.69) is 19.2 Å². The first kappa shape index (κ1) is 11.9. The molecule has 1 aromatic rings. The van der Waals surface area contributed by atoms with Crippen LogP contribution in [0.15, 0.2) is 18.2 Å². The summed E-state index contributed by atoms with van der Waals surface area (Å²) in [7, 11) is 0. The standard InChI is InChI=1S/C13H18N2O2/c1-3-5-9(2)11-8-14-13-10(11)6-4-7-12(13)15(16)17/h4,6-7,9,11,14H,3,5,8H2,1-2H3. The highest BCUT2D eigenvalue weighted by atomic mass is 16.6. The van der Waals surface area contributed by atoms with Crippen LogP contribution in [0.4, 0.5) is 11.4 Å². The molecular weight excluding hydrogens is 216 g/mol. The Labute approximate surface area is 101 Å². The second-order valence-electron chi connectivity index (χ2n) is 4.75. The average Bonchev–Trinajstić information content (AvgIpc) is 2.72. The molecule has 1 heterocycles. The van der Waals surface area contributed by atoms with E-state index in [0.29, 0.717) is 11.8 Å². The second-order valence-corrected chi connectivity index (χ2v) is 4.75. The predicted octanol–water partition coefficient (Wildman–Crippen LogP) is 3.54. The summed E-state index contributed by atoms with van der Waals surface area (Å²) < 4.78 is 0. The van der Waals surface area contributed by atoms with E-state index in [1.165, 1.54) is 0 Å². The number of nitro groups is 1. The van der Waals surface area contributed by atoms with E-state index in [-0.39, 0.29) is 10.6 Å². The van der Waals surface area contributed by atoms with Gasteiger partial charge in [0.1, 0.15) is 5.69 Å². The Morgan fingerprint density at radius 1 is 1.59 bits per heavy atom. The molecule has 4 nitrogen and oxygen atoms in total. The second kappa shape index (κ2) is 4.73. The summed E-state index contributed by atoms with van der Waals surface area (Å²) in [4.78, 5) is 10.6. The molecule has 0 amide bonds. The minimum Gasteiger partial charge on any atom is -0.379 e. The van der Waals surface area contributed by atoms with Crippen molar-refractivity contribution in [2.45, 2.75) is 32.6 Å². The number of nitrogens with zero attached hydrogens (tertiary/aromatic N) is 1. The number of nitro benzene ring substituents is 1. The Morgan fingerprint density at radius 2 is 2.35 bits per heavy atom. The fourth-order valence-corrected chi connectivity index (χ4v) is 2.70. The first-order chi connectivity index (χ1) is 8.15. The fraction of sp³-hybridized carbons (Fsp3) is 0.538. The molecule has 1 aromatic carbocycles. The molecule has 4 heteroatoms. The van der Waals surface area contributed by atoms with Crippen molar-refractivity contribution in [1.82, 2.24) is 0 Å². The molecule has 0 aromatic heterocycles. The third-order valence-electron chi connectivity index (χ3n) is 3.60. The van der Waals surface area contributed by atoms with Crippen LogP contribution in [-0.2, 0) is 0 Å². The Kier molecular flexibility index (Phi) is 3.31. The zero-order valence-corrected chi connectivity index (χ0v) is 10.3. The average molecular weight is 234 g/mol. The molecule has 0 fully saturated rings. The minimum absolute atomic E-state index is 0.202. The van der Waals surface area contributed by atoms with Crippen LogP contribution in [0.25, 0.3) is 0 Å². The molecule has 2 atom stereocenters. The molecule has 2 unspecified atom stereocenters. The minimum atomic E-state index is -0.307. The van der Waals surface area contributed by atoms with Crippen molar-refractivity contribution in [2.24, 2.45) is 5.92 Å². The summed E-state index contributed by atoms with van der Waals surface area (Å²) in [6.45, 7) is 5.22. The molecule has 0 saturated heterocycles. The summed E-state index contributed by atoms with van der Waals surface area (Å²) in [5, 5.41) is 14.1. The zero-order chi connectivity index (χ0) is 12.4. The maximum atomic E-state index is 10.9. The number of fused-ring (bicyclic) bond motifs is 1. The van der Waals surface area contributed by atoms with Crippen LogP contribution in [0.5, 0.6) is 0 Å². The topological polar surface area (TPSA) is 55.2 Å². The van der Waals surface area contributed by atoms with E-state index < -0.39 is 0 Å². The lowest BCUT2D eigenvalue weighted by Crippen LogP contribution is -2.11. The molecule has 1 N–H and O–H groups in total. The van der Waals surface area contributed by atoms with Crippen LogP contribution in [0.2, 0.25) is 0 Å². The van der Waals surface area contributed by atoms with E-state index in [0.717, 1.165) is 30.6 Å². The van der Waals surface area contributed by atoms with Crippen LogP contribution >= 0.6 is 0 Å². The SMILES string of the molecule is CCCC(C)C1CNc2c1cccc2[N+](=O)[O-]. The lowest BCUT2D eigenvalue weighted by Gasteiger charge is -2.18. The number of rotatable bonds is 4. The number of hydrogen-bond donors (Lipinski definition) is 1. The summed E-state index contributed by atoms with van der Waals surface area (Å²) in [5.74, 6) is 0.973. The van der Waals surface area contributed by atoms with E-state index in [4.69, 9.17) is 0 Å². The Morgan fingerprint density at radius 3 is 3.00 bits per heavy atom. The van der Waals surface area contributed by atoms with Gasteiger partial charge in [-0.25, -0.2) is 0 Å². The van der Waals surface area contributed by atoms with E-state index in [9.17, 15) is 10.1 Å². The van der Waals surface area contributed by atoms with Crippen molar-refractivity contribution in [3.8, 4) is 0 Å². The quantitative estimate of drug-likeness (QED) is 0.640. The van der Waals surface area contributed by atoms with Gasteiger partial charge in [-0.2, -0.15) is 0 Å². The third-order valence-corrected chi connectivity index (χ3v) is 3.60. The van der Waals surface area contributed by atoms with Crippen LogP contribution < -0.4 is 5.32 Å². The van der Waals surface area contributed by atoms with Crippen molar-refractivity contribution < 1.29 is 4.92 Å².